The minimum Gasteiger partial charge on any atom is -0.455 e. The highest BCUT2D eigenvalue weighted by molar-refractivity contribution is 6.16. The molecule has 0 atom stereocenters. The van der Waals surface area contributed by atoms with Crippen LogP contribution >= 0.6 is 0 Å². The van der Waals surface area contributed by atoms with Gasteiger partial charge in [-0.05, 0) is 105 Å². The van der Waals surface area contributed by atoms with Gasteiger partial charge in [-0.2, -0.15) is 0 Å². The largest absolute Gasteiger partial charge is 0.455 e. The maximum atomic E-state index is 7.26. The minimum absolute atomic E-state index is 0.0865. The summed E-state index contributed by atoms with van der Waals surface area (Å²) in [6, 6.07) is 66.4. The molecule has 1 fully saturated rings. The Labute approximate surface area is 347 Å². The number of nitrogens with zero attached hydrogens (tertiary/aromatic N) is 1. The smallest absolute Gasteiger partial charge is 0.143 e. The lowest BCUT2D eigenvalue weighted by Gasteiger charge is -2.26. The molecular formula is C57H47NO. The number of furan rings is 1. The predicted octanol–water partition coefficient (Wildman–Crippen LogP) is 16.4. The maximum Gasteiger partial charge on any atom is 0.143 e. The van der Waals surface area contributed by atoms with Crippen molar-refractivity contribution < 1.29 is 4.42 Å². The van der Waals surface area contributed by atoms with Gasteiger partial charge in [-0.3, -0.25) is 0 Å². The molecule has 0 saturated heterocycles. The van der Waals surface area contributed by atoms with E-state index >= 15 is 0 Å². The van der Waals surface area contributed by atoms with Crippen LogP contribution in [0.15, 0.2) is 186 Å². The van der Waals surface area contributed by atoms with Crippen LogP contribution in [0.1, 0.15) is 68.6 Å². The summed E-state index contributed by atoms with van der Waals surface area (Å²) in [5.41, 5.74) is 19.3. The third-order valence-corrected chi connectivity index (χ3v) is 13.3. The van der Waals surface area contributed by atoms with E-state index in [1.807, 2.05) is 0 Å². The van der Waals surface area contributed by atoms with E-state index in [4.69, 9.17) is 4.42 Å². The van der Waals surface area contributed by atoms with Crippen molar-refractivity contribution in [3.8, 4) is 44.5 Å². The van der Waals surface area contributed by atoms with Gasteiger partial charge in [-0.1, -0.05) is 179 Å². The molecule has 0 N–H and O–H groups in total. The summed E-state index contributed by atoms with van der Waals surface area (Å²) in [6.07, 6.45) is 6.42. The molecule has 1 heterocycles. The van der Waals surface area contributed by atoms with Gasteiger partial charge < -0.3 is 9.32 Å². The fraction of sp³-hybridized carbons (Fsp3) is 0.158. The van der Waals surface area contributed by atoms with Gasteiger partial charge in [0.05, 0.1) is 0 Å². The molecule has 11 rings (SSSR count). The Kier molecular flexibility index (Phi) is 8.62. The fourth-order valence-electron chi connectivity index (χ4n) is 10.2. The van der Waals surface area contributed by atoms with Crippen LogP contribution in [0.4, 0.5) is 17.1 Å². The third-order valence-electron chi connectivity index (χ3n) is 13.3. The van der Waals surface area contributed by atoms with Crippen molar-refractivity contribution in [1.29, 1.82) is 0 Å². The molecule has 2 heteroatoms. The van der Waals surface area contributed by atoms with E-state index < -0.39 is 0 Å². The van der Waals surface area contributed by atoms with Gasteiger partial charge >= 0.3 is 0 Å². The number of para-hydroxylation sites is 1. The first kappa shape index (κ1) is 35.5. The molecule has 0 aliphatic heterocycles. The first-order valence-electron chi connectivity index (χ1n) is 21.4. The Morgan fingerprint density at radius 1 is 0.458 bits per heavy atom. The summed E-state index contributed by atoms with van der Waals surface area (Å²) in [5, 5.41) is 2.55. The van der Waals surface area contributed by atoms with Crippen molar-refractivity contribution in [2.45, 2.75) is 57.3 Å². The van der Waals surface area contributed by atoms with Gasteiger partial charge in [0.2, 0.25) is 0 Å². The Hall–Kier alpha value is -6.64. The lowest BCUT2D eigenvalue weighted by atomic mass is 9.77. The highest BCUT2D eigenvalue weighted by atomic mass is 16.3. The van der Waals surface area contributed by atoms with Gasteiger partial charge in [0.1, 0.15) is 11.2 Å². The molecule has 1 saturated carbocycles. The normalized spacial score (nSPS) is 14.7. The van der Waals surface area contributed by atoms with Crippen molar-refractivity contribution in [3.05, 3.63) is 199 Å². The Balaban J connectivity index is 1.03. The van der Waals surface area contributed by atoms with E-state index in [9.17, 15) is 0 Å². The second-order valence-electron chi connectivity index (χ2n) is 17.1. The molecule has 1 aromatic heterocycles. The Bertz CT molecular complexity index is 2870. The number of anilines is 3. The third kappa shape index (κ3) is 6.00. The van der Waals surface area contributed by atoms with Crippen molar-refractivity contribution in [3.63, 3.8) is 0 Å². The van der Waals surface area contributed by atoms with Crippen LogP contribution in [0, 0.1) is 0 Å². The van der Waals surface area contributed by atoms with Crippen LogP contribution in [0.3, 0.4) is 0 Å². The molecule has 0 unspecified atom stereocenters. The van der Waals surface area contributed by atoms with Crippen molar-refractivity contribution in [1.82, 2.24) is 0 Å². The molecule has 0 bridgehead atoms. The van der Waals surface area contributed by atoms with Gasteiger partial charge in [0.25, 0.3) is 0 Å². The summed E-state index contributed by atoms with van der Waals surface area (Å²) in [4.78, 5) is 2.36. The van der Waals surface area contributed by atoms with Gasteiger partial charge in [0.15, 0.2) is 0 Å². The zero-order chi connectivity index (χ0) is 39.5. The molecule has 9 aromatic rings. The number of fused-ring (bicyclic) bond motifs is 7. The van der Waals surface area contributed by atoms with Crippen LogP contribution in [0.5, 0.6) is 0 Å². The van der Waals surface area contributed by atoms with Gasteiger partial charge in [0, 0.05) is 44.4 Å². The van der Waals surface area contributed by atoms with Crippen molar-refractivity contribution in [2.24, 2.45) is 0 Å². The van der Waals surface area contributed by atoms with Gasteiger partial charge in [-0.25, -0.2) is 0 Å². The van der Waals surface area contributed by atoms with Crippen molar-refractivity contribution in [2.75, 3.05) is 4.90 Å². The van der Waals surface area contributed by atoms with Crippen LogP contribution in [-0.2, 0) is 5.41 Å². The second kappa shape index (κ2) is 14.3. The summed E-state index contributed by atoms with van der Waals surface area (Å²) >= 11 is 0. The Morgan fingerprint density at radius 2 is 0.966 bits per heavy atom. The fourth-order valence-corrected chi connectivity index (χ4v) is 10.2. The van der Waals surface area contributed by atoms with E-state index in [-0.39, 0.29) is 5.41 Å². The lowest BCUT2D eigenvalue weighted by molar-refractivity contribution is 0.445. The molecular weight excluding hydrogens is 715 g/mol. The first-order valence-corrected chi connectivity index (χ1v) is 21.4. The zero-order valence-electron chi connectivity index (χ0n) is 33.8. The molecule has 286 valence electrons. The minimum atomic E-state index is -0.0865. The van der Waals surface area contributed by atoms with Crippen LogP contribution in [0.25, 0.3) is 66.4 Å². The maximum absolute atomic E-state index is 7.26. The number of rotatable bonds is 7. The summed E-state index contributed by atoms with van der Waals surface area (Å²) in [5.74, 6) is 0.550. The molecule has 2 nitrogen and oxygen atoms in total. The number of benzene rings is 8. The number of hydrogen-bond acceptors (Lipinski definition) is 2. The van der Waals surface area contributed by atoms with Crippen LogP contribution in [-0.4, -0.2) is 0 Å². The highest BCUT2D eigenvalue weighted by Crippen LogP contribution is 2.55. The zero-order valence-corrected chi connectivity index (χ0v) is 33.8. The average Bonchev–Trinajstić information content (AvgIpc) is 3.80. The van der Waals surface area contributed by atoms with E-state index in [1.165, 1.54) is 92.9 Å². The monoisotopic (exact) mass is 761 g/mol. The van der Waals surface area contributed by atoms with Crippen LogP contribution < -0.4 is 4.90 Å². The SMILES string of the molecule is CC1(C)c2ccccc2-c2c1cc(C1CCCCC1)c1c2oc2c(-c3ccc(N(c4ccc(-c5ccccc5)cc4)c4ccc(-c5ccccc5)cc4)cc3)cccc21. The van der Waals surface area contributed by atoms with Crippen LogP contribution in [0.2, 0.25) is 0 Å². The highest BCUT2D eigenvalue weighted by Gasteiger charge is 2.39. The van der Waals surface area contributed by atoms with Gasteiger partial charge in [-0.15, -0.1) is 0 Å². The molecule has 0 radical (unpaired) electrons. The summed E-state index contributed by atoms with van der Waals surface area (Å²) in [6.45, 7) is 4.78. The molecule has 59 heavy (non-hydrogen) atoms. The molecule has 2 aliphatic rings. The average molecular weight is 762 g/mol. The Morgan fingerprint density at radius 3 is 1.56 bits per heavy atom. The summed E-state index contributed by atoms with van der Waals surface area (Å²) in [7, 11) is 0. The first-order chi connectivity index (χ1) is 29.0. The quantitative estimate of drug-likeness (QED) is 0.161. The predicted molar refractivity (Wildman–Crippen MR) is 248 cm³/mol. The van der Waals surface area contributed by atoms with E-state index in [0.29, 0.717) is 5.92 Å². The molecule has 0 amide bonds. The standard InChI is InChI=1S/C57H47NO/c1-57(2)51-24-13-12-21-48(51)54-52(57)37-50(42-19-10-5-11-20-42)53-49-23-14-22-47(55(49)59-56(53)54)43-29-35-46(36-30-43)58(44-31-25-40(26-32-44)38-15-6-3-7-16-38)45-33-27-41(28-34-45)39-17-8-4-9-18-39/h3-4,6-9,12-18,21-37,42H,5,10-11,19-20H2,1-2H3. The molecule has 8 aromatic carbocycles. The topological polar surface area (TPSA) is 16.4 Å². The molecule has 0 spiro atoms. The molecule has 2 aliphatic carbocycles. The van der Waals surface area contributed by atoms with E-state index in [2.05, 4.69) is 201 Å². The van der Waals surface area contributed by atoms with E-state index in [1.54, 1.807) is 0 Å². The second-order valence-corrected chi connectivity index (χ2v) is 17.1. The summed E-state index contributed by atoms with van der Waals surface area (Å²) < 4.78 is 7.26. The lowest BCUT2D eigenvalue weighted by Crippen LogP contribution is -2.16. The number of hydrogen-bond donors (Lipinski definition) is 0. The van der Waals surface area contributed by atoms with Crippen molar-refractivity contribution >= 4 is 39.0 Å². The van der Waals surface area contributed by atoms with E-state index in [0.717, 1.165) is 39.4 Å².